The molecule has 0 saturated carbocycles. The zero-order valence-electron chi connectivity index (χ0n) is 20.1. The van der Waals surface area contributed by atoms with E-state index in [9.17, 15) is 19.5 Å². The van der Waals surface area contributed by atoms with Gasteiger partial charge in [0.05, 0.1) is 18.0 Å². The number of aliphatic carboxylic acids is 1. The lowest BCUT2D eigenvalue weighted by molar-refractivity contribution is -0.156. The van der Waals surface area contributed by atoms with Crippen LogP contribution in [0.1, 0.15) is 35.4 Å². The van der Waals surface area contributed by atoms with E-state index in [-0.39, 0.29) is 24.5 Å². The number of likely N-dealkylation sites (tertiary alicyclic amines) is 1. The Balaban J connectivity index is 1.44. The van der Waals surface area contributed by atoms with Crippen LogP contribution in [-0.4, -0.2) is 69.4 Å². The van der Waals surface area contributed by atoms with Gasteiger partial charge in [0.15, 0.2) is 0 Å². The van der Waals surface area contributed by atoms with Crippen LogP contribution in [0, 0.1) is 0 Å². The van der Waals surface area contributed by atoms with Gasteiger partial charge < -0.3 is 19.8 Å². The summed E-state index contributed by atoms with van der Waals surface area (Å²) in [5.74, 6) is -1.93. The number of rotatable bonds is 6. The van der Waals surface area contributed by atoms with E-state index in [0.29, 0.717) is 19.4 Å². The minimum absolute atomic E-state index is 0.185. The van der Waals surface area contributed by atoms with Crippen LogP contribution in [0.5, 0.6) is 0 Å². The normalized spacial score (nSPS) is 21.0. The molecule has 2 bridgehead atoms. The highest BCUT2D eigenvalue weighted by Gasteiger charge is 2.54. The van der Waals surface area contributed by atoms with Gasteiger partial charge in [-0.3, -0.25) is 4.79 Å². The fourth-order valence-electron chi connectivity index (χ4n) is 5.63. The van der Waals surface area contributed by atoms with Gasteiger partial charge in [0.1, 0.15) is 6.04 Å². The number of benzene rings is 2. The zero-order chi connectivity index (χ0) is 25.2. The number of carbonyl (C=O) groups excluding carboxylic acids is 2. The number of urea groups is 1. The van der Waals surface area contributed by atoms with Crippen molar-refractivity contribution in [1.29, 1.82) is 0 Å². The molecule has 3 amide bonds. The molecular weight excluding hydrogens is 474 g/mol. The van der Waals surface area contributed by atoms with Crippen molar-refractivity contribution < 1.29 is 19.5 Å². The number of amides is 3. The molecule has 36 heavy (non-hydrogen) atoms. The van der Waals surface area contributed by atoms with E-state index in [1.807, 2.05) is 77.5 Å². The number of carbonyl (C=O) groups is 3. The van der Waals surface area contributed by atoms with E-state index in [1.54, 1.807) is 28.2 Å². The van der Waals surface area contributed by atoms with Gasteiger partial charge in [0.25, 0.3) is 0 Å². The highest BCUT2D eigenvalue weighted by Crippen LogP contribution is 2.38. The van der Waals surface area contributed by atoms with E-state index in [1.165, 1.54) is 4.90 Å². The van der Waals surface area contributed by atoms with Gasteiger partial charge >= 0.3 is 12.0 Å². The van der Waals surface area contributed by atoms with Crippen molar-refractivity contribution in [3.8, 4) is 0 Å². The molecule has 0 radical (unpaired) electrons. The molecule has 0 unspecified atom stereocenters. The SMILES string of the molecule is CN(Cc1ccsc1)C(=O)N1[C@H]2CC[C@@H]1[C@@H](C(=O)O)N(C(=O)C(c1ccccc1)c1ccccc1)C2. The summed E-state index contributed by atoms with van der Waals surface area (Å²) in [7, 11) is 1.74. The second-order valence-corrected chi connectivity index (χ2v) is 10.3. The third kappa shape index (κ3) is 4.48. The lowest BCUT2D eigenvalue weighted by Crippen LogP contribution is -2.66. The number of nitrogens with zero attached hydrogens (tertiary/aromatic N) is 3. The quantitative estimate of drug-likeness (QED) is 0.545. The predicted octanol–water partition coefficient (Wildman–Crippen LogP) is 4.26. The third-order valence-electron chi connectivity index (χ3n) is 7.25. The number of hydrogen-bond donors (Lipinski definition) is 1. The van der Waals surface area contributed by atoms with Crippen molar-refractivity contribution in [1.82, 2.24) is 14.7 Å². The summed E-state index contributed by atoms with van der Waals surface area (Å²) in [4.78, 5) is 45.0. The molecule has 5 rings (SSSR count). The Bertz CT molecular complexity index is 1180. The lowest BCUT2D eigenvalue weighted by Gasteiger charge is -2.46. The van der Waals surface area contributed by atoms with Crippen molar-refractivity contribution in [2.24, 2.45) is 0 Å². The molecule has 2 saturated heterocycles. The van der Waals surface area contributed by atoms with E-state index in [0.717, 1.165) is 16.7 Å². The summed E-state index contributed by atoms with van der Waals surface area (Å²) in [5.41, 5.74) is 2.68. The molecular formula is C28H29N3O4S. The number of hydrogen-bond acceptors (Lipinski definition) is 4. The maximum Gasteiger partial charge on any atom is 0.328 e. The predicted molar refractivity (Wildman–Crippen MR) is 138 cm³/mol. The summed E-state index contributed by atoms with van der Waals surface area (Å²) >= 11 is 1.58. The Hall–Kier alpha value is -3.65. The Labute approximate surface area is 214 Å². The molecule has 3 aromatic rings. The van der Waals surface area contributed by atoms with Crippen LogP contribution in [0.15, 0.2) is 77.5 Å². The van der Waals surface area contributed by atoms with Crippen LogP contribution in [0.3, 0.4) is 0 Å². The van der Waals surface area contributed by atoms with Crippen molar-refractivity contribution in [3.63, 3.8) is 0 Å². The molecule has 1 N–H and O–H groups in total. The average molecular weight is 504 g/mol. The third-order valence-corrected chi connectivity index (χ3v) is 7.98. The molecule has 2 aliphatic rings. The van der Waals surface area contributed by atoms with E-state index in [2.05, 4.69) is 0 Å². The standard InChI is InChI=1S/C28H29N3O4S/c1-29(16-19-14-15-36-18-19)28(35)31-22-12-13-23(31)25(27(33)34)30(17-22)26(32)24(20-8-4-2-5-9-20)21-10-6-3-7-11-21/h2-11,14-15,18,22-25H,12-13,16-17H2,1H3,(H,33,34)/t22-,23+,25-/m0/s1. The average Bonchev–Trinajstić information content (AvgIpc) is 3.50. The Morgan fingerprint density at radius 2 is 1.64 bits per heavy atom. The molecule has 0 aliphatic carbocycles. The molecule has 3 heterocycles. The van der Waals surface area contributed by atoms with Crippen molar-refractivity contribution >= 4 is 29.2 Å². The first-order valence-electron chi connectivity index (χ1n) is 12.1. The summed E-state index contributed by atoms with van der Waals surface area (Å²) in [6, 6.07) is 18.9. The smallest absolute Gasteiger partial charge is 0.328 e. The molecule has 2 aromatic carbocycles. The molecule has 8 heteroatoms. The number of carboxylic acid groups (broad SMARTS) is 1. The van der Waals surface area contributed by atoms with Crippen molar-refractivity contribution in [2.75, 3.05) is 13.6 Å². The van der Waals surface area contributed by atoms with Gasteiger partial charge in [-0.2, -0.15) is 11.3 Å². The Morgan fingerprint density at radius 1 is 1.00 bits per heavy atom. The molecule has 2 aliphatic heterocycles. The zero-order valence-corrected chi connectivity index (χ0v) is 20.9. The maximum absolute atomic E-state index is 14.1. The summed E-state index contributed by atoms with van der Waals surface area (Å²) in [6.07, 6.45) is 1.24. The van der Waals surface area contributed by atoms with E-state index < -0.39 is 24.0 Å². The van der Waals surface area contributed by atoms with Crippen LogP contribution < -0.4 is 0 Å². The van der Waals surface area contributed by atoms with Gasteiger partial charge in [-0.1, -0.05) is 60.7 Å². The molecule has 0 spiro atoms. The highest BCUT2D eigenvalue weighted by atomic mass is 32.1. The van der Waals surface area contributed by atoms with Gasteiger partial charge in [-0.05, 0) is 46.4 Å². The van der Waals surface area contributed by atoms with Gasteiger partial charge in [0, 0.05) is 20.1 Å². The molecule has 1 aromatic heterocycles. The number of piperazine rings is 1. The topological polar surface area (TPSA) is 81.2 Å². The molecule has 7 nitrogen and oxygen atoms in total. The highest BCUT2D eigenvalue weighted by molar-refractivity contribution is 7.07. The first-order valence-corrected chi connectivity index (χ1v) is 13.1. The van der Waals surface area contributed by atoms with Crippen molar-refractivity contribution in [2.45, 2.75) is 43.4 Å². The van der Waals surface area contributed by atoms with Crippen LogP contribution in [-0.2, 0) is 16.1 Å². The van der Waals surface area contributed by atoms with E-state index >= 15 is 0 Å². The van der Waals surface area contributed by atoms with Crippen LogP contribution in [0.4, 0.5) is 4.79 Å². The second-order valence-electron chi connectivity index (χ2n) is 9.50. The lowest BCUT2D eigenvalue weighted by atomic mass is 9.88. The summed E-state index contributed by atoms with van der Waals surface area (Å²) < 4.78 is 0. The number of thiophene rings is 1. The fraction of sp³-hybridized carbons (Fsp3) is 0.321. The van der Waals surface area contributed by atoms with Crippen LogP contribution >= 0.6 is 11.3 Å². The van der Waals surface area contributed by atoms with Gasteiger partial charge in [-0.15, -0.1) is 0 Å². The summed E-state index contributed by atoms with van der Waals surface area (Å²) in [6.45, 7) is 0.670. The number of carboxylic acids is 1. The van der Waals surface area contributed by atoms with Gasteiger partial charge in [-0.25, -0.2) is 9.59 Å². The van der Waals surface area contributed by atoms with Crippen LogP contribution in [0.25, 0.3) is 0 Å². The molecule has 2 fully saturated rings. The molecule has 186 valence electrons. The van der Waals surface area contributed by atoms with E-state index in [4.69, 9.17) is 0 Å². The van der Waals surface area contributed by atoms with Crippen LogP contribution in [0.2, 0.25) is 0 Å². The fourth-order valence-corrected chi connectivity index (χ4v) is 6.29. The monoisotopic (exact) mass is 503 g/mol. The first kappa shape index (κ1) is 24.1. The maximum atomic E-state index is 14.1. The largest absolute Gasteiger partial charge is 0.480 e. The Morgan fingerprint density at radius 3 is 2.19 bits per heavy atom. The second kappa shape index (κ2) is 10.1. The summed E-state index contributed by atoms with van der Waals surface area (Å²) in [5, 5.41) is 14.3. The molecule has 3 atom stereocenters. The van der Waals surface area contributed by atoms with Gasteiger partial charge in [0.2, 0.25) is 5.91 Å². The number of fused-ring (bicyclic) bond motifs is 2. The van der Waals surface area contributed by atoms with Crippen molar-refractivity contribution in [3.05, 3.63) is 94.2 Å². The minimum Gasteiger partial charge on any atom is -0.480 e. The first-order chi connectivity index (χ1) is 17.5. The minimum atomic E-state index is -1.09. The Kier molecular flexibility index (Phi) is 6.78.